The van der Waals surface area contributed by atoms with E-state index in [0.29, 0.717) is 0 Å². The first-order chi connectivity index (χ1) is 8.58. The number of nitrogens with zero attached hydrogens (tertiary/aromatic N) is 1. The molecule has 0 spiro atoms. The van der Waals surface area contributed by atoms with Crippen molar-refractivity contribution in [2.75, 3.05) is 33.2 Å². The van der Waals surface area contributed by atoms with Crippen molar-refractivity contribution in [3.05, 3.63) is 0 Å². The van der Waals surface area contributed by atoms with Gasteiger partial charge in [0.1, 0.15) is 0 Å². The molecule has 0 amide bonds. The first kappa shape index (κ1) is 15.8. The molecule has 0 radical (unpaired) electrons. The van der Waals surface area contributed by atoms with Crippen LogP contribution in [0.2, 0.25) is 0 Å². The molecule has 1 saturated carbocycles. The van der Waals surface area contributed by atoms with E-state index in [2.05, 4.69) is 12.2 Å². The molecule has 0 atom stereocenters. The summed E-state index contributed by atoms with van der Waals surface area (Å²) in [5.41, 5.74) is 0.205. The molecule has 18 heavy (non-hydrogen) atoms. The van der Waals surface area contributed by atoms with E-state index in [1.165, 1.54) is 38.5 Å². The van der Waals surface area contributed by atoms with Gasteiger partial charge in [-0.1, -0.05) is 32.6 Å². The molecule has 0 aromatic heterocycles. The van der Waals surface area contributed by atoms with Crippen LogP contribution in [0.1, 0.15) is 45.4 Å². The van der Waals surface area contributed by atoms with E-state index in [0.717, 1.165) is 19.6 Å². The smallest absolute Gasteiger partial charge is 0.251 e. The number of alkyl halides is 2. The molecule has 1 aliphatic carbocycles. The largest absolute Gasteiger partial charge is 0.316 e. The van der Waals surface area contributed by atoms with E-state index >= 15 is 0 Å². The molecule has 0 heterocycles. The fourth-order valence-electron chi connectivity index (χ4n) is 3.13. The van der Waals surface area contributed by atoms with E-state index in [1.807, 2.05) is 11.9 Å². The minimum Gasteiger partial charge on any atom is -0.316 e. The molecule has 0 aromatic rings. The highest BCUT2D eigenvalue weighted by Gasteiger charge is 2.32. The number of hydrogen-bond donors (Lipinski definition) is 1. The van der Waals surface area contributed by atoms with E-state index in [1.54, 1.807) is 0 Å². The lowest BCUT2D eigenvalue weighted by Gasteiger charge is -2.37. The summed E-state index contributed by atoms with van der Waals surface area (Å²) < 4.78 is 24.9. The molecule has 2 nitrogen and oxygen atoms in total. The molecule has 0 bridgehead atoms. The number of rotatable bonds is 7. The second-order valence-electron chi connectivity index (χ2n) is 5.78. The predicted octanol–water partition coefficient (Wildman–Crippen LogP) is 3.13. The summed E-state index contributed by atoms with van der Waals surface area (Å²) in [6.07, 6.45) is 5.21. The van der Waals surface area contributed by atoms with Gasteiger partial charge in [0.15, 0.2) is 0 Å². The zero-order chi connectivity index (χ0) is 13.4. The quantitative estimate of drug-likeness (QED) is 0.709. The molecule has 0 aromatic carbocycles. The fourth-order valence-corrected chi connectivity index (χ4v) is 3.13. The highest BCUT2D eigenvalue weighted by molar-refractivity contribution is 4.86. The summed E-state index contributed by atoms with van der Waals surface area (Å²) in [5.74, 6) is 0. The molecule has 1 N–H and O–H groups in total. The van der Waals surface area contributed by atoms with Crippen molar-refractivity contribution in [1.82, 2.24) is 10.2 Å². The molecule has 4 heteroatoms. The molecule has 108 valence electrons. The first-order valence-electron chi connectivity index (χ1n) is 7.25. The van der Waals surface area contributed by atoms with Crippen LogP contribution in [0.25, 0.3) is 0 Å². The van der Waals surface area contributed by atoms with Gasteiger partial charge in [0.2, 0.25) is 0 Å². The van der Waals surface area contributed by atoms with Crippen molar-refractivity contribution in [2.45, 2.75) is 51.9 Å². The Morgan fingerprint density at radius 1 is 1.17 bits per heavy atom. The second kappa shape index (κ2) is 8.05. The van der Waals surface area contributed by atoms with Crippen LogP contribution in [0.5, 0.6) is 0 Å². The number of halogens is 2. The Labute approximate surface area is 110 Å². The minimum atomic E-state index is -2.23. The van der Waals surface area contributed by atoms with E-state index in [4.69, 9.17) is 0 Å². The van der Waals surface area contributed by atoms with Crippen molar-refractivity contribution >= 4 is 0 Å². The van der Waals surface area contributed by atoms with Gasteiger partial charge in [-0.3, -0.25) is 0 Å². The second-order valence-corrected chi connectivity index (χ2v) is 5.78. The Balaban J connectivity index is 2.57. The predicted molar refractivity (Wildman–Crippen MR) is 72.2 cm³/mol. The van der Waals surface area contributed by atoms with E-state index in [9.17, 15) is 8.78 Å². The molecule has 0 aliphatic heterocycles. The molecular formula is C14H28F2N2. The van der Waals surface area contributed by atoms with Crippen molar-refractivity contribution < 1.29 is 8.78 Å². The summed E-state index contributed by atoms with van der Waals surface area (Å²) in [6, 6.07) is 0. The average Bonchev–Trinajstić information content (AvgIpc) is 2.51. The third-order valence-corrected chi connectivity index (χ3v) is 3.97. The lowest BCUT2D eigenvalue weighted by molar-refractivity contribution is 0.0689. The van der Waals surface area contributed by atoms with Crippen LogP contribution in [0.3, 0.4) is 0 Å². The van der Waals surface area contributed by atoms with Crippen molar-refractivity contribution in [1.29, 1.82) is 0 Å². The lowest BCUT2D eigenvalue weighted by atomic mass is 9.79. The molecule has 1 aliphatic rings. The average molecular weight is 262 g/mol. The zero-order valence-electron chi connectivity index (χ0n) is 11.9. The Bertz CT molecular complexity index is 214. The van der Waals surface area contributed by atoms with E-state index < -0.39 is 6.43 Å². The molecular weight excluding hydrogens is 234 g/mol. The van der Waals surface area contributed by atoms with Crippen LogP contribution in [0.15, 0.2) is 0 Å². The van der Waals surface area contributed by atoms with Crippen LogP contribution in [0, 0.1) is 5.41 Å². The molecule has 1 fully saturated rings. The topological polar surface area (TPSA) is 15.3 Å². The summed E-state index contributed by atoms with van der Waals surface area (Å²) in [7, 11) is 1.82. The van der Waals surface area contributed by atoms with Crippen LogP contribution < -0.4 is 5.32 Å². The van der Waals surface area contributed by atoms with Gasteiger partial charge in [-0.15, -0.1) is 0 Å². The summed E-state index contributed by atoms with van der Waals surface area (Å²) in [5, 5.41) is 3.43. The lowest BCUT2D eigenvalue weighted by Crippen LogP contribution is -2.44. The monoisotopic (exact) mass is 262 g/mol. The maximum Gasteiger partial charge on any atom is 0.251 e. The Kier molecular flexibility index (Phi) is 7.08. The number of hydrogen-bond acceptors (Lipinski definition) is 2. The van der Waals surface area contributed by atoms with Gasteiger partial charge in [-0.2, -0.15) is 0 Å². The van der Waals surface area contributed by atoms with Gasteiger partial charge in [0.05, 0.1) is 6.54 Å². The van der Waals surface area contributed by atoms with Gasteiger partial charge >= 0.3 is 0 Å². The summed E-state index contributed by atoms with van der Waals surface area (Å²) in [4.78, 5) is 1.81. The van der Waals surface area contributed by atoms with Gasteiger partial charge < -0.3 is 10.2 Å². The van der Waals surface area contributed by atoms with Crippen LogP contribution in [-0.2, 0) is 0 Å². The standard InChI is InChI=1S/C14H28F2N2/c1-3-17-11-14(8-6-4-5-7-9-14)12-18(2)10-13(15)16/h13,17H,3-12H2,1-2H3. The highest BCUT2D eigenvalue weighted by Crippen LogP contribution is 2.35. The molecule has 0 unspecified atom stereocenters. The van der Waals surface area contributed by atoms with E-state index in [-0.39, 0.29) is 12.0 Å². The van der Waals surface area contributed by atoms with Crippen molar-refractivity contribution in [2.24, 2.45) is 5.41 Å². The summed E-state index contributed by atoms with van der Waals surface area (Å²) in [6.45, 7) is 4.73. The SMILES string of the molecule is CCNCC1(CN(C)CC(F)F)CCCCCC1. The zero-order valence-corrected chi connectivity index (χ0v) is 11.9. The summed E-state index contributed by atoms with van der Waals surface area (Å²) >= 11 is 0. The normalized spacial score (nSPS) is 20.3. The Morgan fingerprint density at radius 2 is 1.78 bits per heavy atom. The van der Waals surface area contributed by atoms with Crippen molar-refractivity contribution in [3.63, 3.8) is 0 Å². The maximum atomic E-state index is 12.4. The van der Waals surface area contributed by atoms with Gasteiger partial charge in [0.25, 0.3) is 6.43 Å². The van der Waals surface area contributed by atoms with Gasteiger partial charge in [-0.25, -0.2) is 8.78 Å². The Hall–Kier alpha value is -0.220. The first-order valence-corrected chi connectivity index (χ1v) is 7.25. The van der Waals surface area contributed by atoms with Crippen LogP contribution in [-0.4, -0.2) is 44.6 Å². The molecule has 1 rings (SSSR count). The van der Waals surface area contributed by atoms with Gasteiger partial charge in [-0.05, 0) is 31.8 Å². The third-order valence-electron chi connectivity index (χ3n) is 3.97. The highest BCUT2D eigenvalue weighted by atomic mass is 19.3. The van der Waals surface area contributed by atoms with Crippen LogP contribution in [0.4, 0.5) is 8.78 Å². The number of nitrogens with one attached hydrogen (secondary N) is 1. The van der Waals surface area contributed by atoms with Crippen LogP contribution >= 0.6 is 0 Å². The van der Waals surface area contributed by atoms with Gasteiger partial charge in [0, 0.05) is 13.1 Å². The fraction of sp³-hybridized carbons (Fsp3) is 1.00. The third kappa shape index (κ3) is 5.61. The minimum absolute atomic E-state index is 0.103. The molecule has 0 saturated heterocycles. The Morgan fingerprint density at radius 3 is 2.28 bits per heavy atom. The maximum absolute atomic E-state index is 12.4. The van der Waals surface area contributed by atoms with Crippen molar-refractivity contribution in [3.8, 4) is 0 Å².